The predicted molar refractivity (Wildman–Crippen MR) is 37.4 cm³/mol. The third-order valence-corrected chi connectivity index (χ3v) is 0.450. The van der Waals surface area contributed by atoms with Crippen LogP contribution >= 0.6 is 0 Å². The number of aliphatic imine (C=N–C) groups is 2. The number of hydrogen-bond acceptors (Lipinski definition) is 2. The Balaban J connectivity index is 3.41. The van der Waals surface area contributed by atoms with Crippen LogP contribution in [0.25, 0.3) is 0 Å². The quantitative estimate of drug-likeness (QED) is 0.488. The molecule has 0 rings (SSSR count). The molecule has 0 saturated carbocycles. The Hall–Kier alpha value is -1.18. The normalized spacial score (nSPS) is 10.5. The Morgan fingerprint density at radius 3 is 1.50 bits per heavy atom. The molecule has 0 bridgehead atoms. The van der Waals surface area contributed by atoms with Crippen molar-refractivity contribution in [1.82, 2.24) is 0 Å². The zero-order valence-electron chi connectivity index (χ0n) is 4.62. The molecule has 42 valence electrons. The minimum atomic E-state index is 1.44. The van der Waals surface area contributed by atoms with Crippen LogP contribution in [0.2, 0.25) is 0 Å². The third kappa shape index (κ3) is 4.82. The summed E-state index contributed by atoms with van der Waals surface area (Å²) in [5.74, 6) is 0. The largest absolute Gasteiger partial charge is 0.264 e. The average Bonchev–Trinajstić information content (AvgIpc) is 1.81. The van der Waals surface area contributed by atoms with Crippen LogP contribution in [-0.2, 0) is 0 Å². The summed E-state index contributed by atoms with van der Waals surface area (Å²) in [5.41, 5.74) is 0. The van der Waals surface area contributed by atoms with Gasteiger partial charge in [0.05, 0.1) is 0 Å². The third-order valence-electron chi connectivity index (χ3n) is 0.450. The molecule has 8 heavy (non-hydrogen) atoms. The van der Waals surface area contributed by atoms with E-state index in [1.165, 1.54) is 24.8 Å². The van der Waals surface area contributed by atoms with Crippen LogP contribution < -0.4 is 0 Å². The van der Waals surface area contributed by atoms with Gasteiger partial charge in [-0.1, -0.05) is 13.2 Å². The van der Waals surface area contributed by atoms with Gasteiger partial charge in [-0.25, -0.2) is 0 Å². The monoisotopic (exact) mass is 108 g/mol. The summed E-state index contributed by atoms with van der Waals surface area (Å²) < 4.78 is 0. The van der Waals surface area contributed by atoms with E-state index >= 15 is 0 Å². The van der Waals surface area contributed by atoms with Gasteiger partial charge in [-0.3, -0.25) is 9.98 Å². The molecule has 0 aliphatic rings. The zero-order chi connectivity index (χ0) is 6.24. The second kappa shape index (κ2) is 5.82. The van der Waals surface area contributed by atoms with Crippen LogP contribution in [0.3, 0.4) is 0 Å². The maximum absolute atomic E-state index is 3.65. The van der Waals surface area contributed by atoms with Crippen LogP contribution in [0.1, 0.15) is 0 Å². The molecule has 0 radical (unpaired) electrons. The lowest BCUT2D eigenvalue weighted by Gasteiger charge is -1.68. The first-order valence-electron chi connectivity index (χ1n) is 2.18. The first-order chi connectivity index (χ1) is 3.91. The van der Waals surface area contributed by atoms with Crippen LogP contribution in [-0.4, -0.2) is 12.4 Å². The molecule has 0 atom stereocenters. The van der Waals surface area contributed by atoms with Crippen LogP contribution in [0.5, 0.6) is 0 Å². The molecule has 0 heterocycles. The van der Waals surface area contributed by atoms with Crippen molar-refractivity contribution in [2.75, 3.05) is 0 Å². The van der Waals surface area contributed by atoms with E-state index in [2.05, 4.69) is 23.1 Å². The summed E-state index contributed by atoms with van der Waals surface area (Å²) in [6, 6.07) is 0. The SMILES string of the molecule is C=CN=CC=NC=C. The van der Waals surface area contributed by atoms with E-state index in [0.29, 0.717) is 0 Å². The fourth-order valence-electron chi connectivity index (χ4n) is 0.199. The maximum atomic E-state index is 3.65. The van der Waals surface area contributed by atoms with Gasteiger partial charge in [0.15, 0.2) is 0 Å². The standard InChI is InChI=1S/C6H8N2/c1-3-7-5-6-8-4-2/h3-6H,1-2H2. The van der Waals surface area contributed by atoms with E-state index in [1.54, 1.807) is 0 Å². The van der Waals surface area contributed by atoms with Gasteiger partial charge in [0.25, 0.3) is 0 Å². The number of nitrogens with zero attached hydrogens (tertiary/aromatic N) is 2. The van der Waals surface area contributed by atoms with Crippen LogP contribution in [0, 0.1) is 0 Å². The Bertz CT molecular complexity index is 106. The van der Waals surface area contributed by atoms with Gasteiger partial charge in [0.2, 0.25) is 0 Å². The molecule has 0 amide bonds. The van der Waals surface area contributed by atoms with Crippen molar-refractivity contribution in [1.29, 1.82) is 0 Å². The van der Waals surface area contributed by atoms with E-state index in [9.17, 15) is 0 Å². The minimum Gasteiger partial charge on any atom is -0.264 e. The van der Waals surface area contributed by atoms with Crippen molar-refractivity contribution in [3.8, 4) is 0 Å². The van der Waals surface area contributed by atoms with Crippen molar-refractivity contribution >= 4 is 12.4 Å². The van der Waals surface area contributed by atoms with Gasteiger partial charge in [0, 0.05) is 24.8 Å². The maximum Gasteiger partial charge on any atom is 0.0450 e. The number of rotatable bonds is 3. The number of hydrogen-bond donors (Lipinski definition) is 0. The molecule has 0 N–H and O–H groups in total. The summed E-state index contributed by atoms with van der Waals surface area (Å²) in [6.45, 7) is 6.75. The van der Waals surface area contributed by atoms with Crippen LogP contribution in [0.4, 0.5) is 0 Å². The highest BCUT2D eigenvalue weighted by atomic mass is 14.7. The molecule has 0 saturated heterocycles. The van der Waals surface area contributed by atoms with E-state index in [4.69, 9.17) is 0 Å². The topological polar surface area (TPSA) is 24.7 Å². The van der Waals surface area contributed by atoms with Gasteiger partial charge >= 0.3 is 0 Å². The van der Waals surface area contributed by atoms with Crippen molar-refractivity contribution in [3.05, 3.63) is 25.6 Å². The molecule has 0 aromatic carbocycles. The summed E-state index contributed by atoms with van der Waals surface area (Å²) in [4.78, 5) is 7.30. The highest BCUT2D eigenvalue weighted by molar-refractivity contribution is 6.16. The molecule has 0 aromatic rings. The fourth-order valence-corrected chi connectivity index (χ4v) is 0.199. The van der Waals surface area contributed by atoms with Crippen LogP contribution in [0.15, 0.2) is 35.5 Å². The fraction of sp³-hybridized carbons (Fsp3) is 0. The molecule has 0 aliphatic heterocycles. The highest BCUT2D eigenvalue weighted by Gasteiger charge is 1.55. The molecule has 0 aliphatic carbocycles. The molecule has 0 fully saturated rings. The highest BCUT2D eigenvalue weighted by Crippen LogP contribution is 1.63. The molecular weight excluding hydrogens is 100 g/mol. The van der Waals surface area contributed by atoms with Crippen molar-refractivity contribution in [2.24, 2.45) is 9.98 Å². The Labute approximate surface area is 49.0 Å². The van der Waals surface area contributed by atoms with Gasteiger partial charge in [-0.05, 0) is 0 Å². The summed E-state index contributed by atoms with van der Waals surface area (Å²) >= 11 is 0. The summed E-state index contributed by atoms with van der Waals surface area (Å²) in [7, 11) is 0. The van der Waals surface area contributed by atoms with Crippen molar-refractivity contribution in [2.45, 2.75) is 0 Å². The lowest BCUT2D eigenvalue weighted by molar-refractivity contribution is 1.61. The first kappa shape index (κ1) is 6.82. The Morgan fingerprint density at radius 2 is 1.25 bits per heavy atom. The smallest absolute Gasteiger partial charge is 0.0450 e. The molecule has 0 spiro atoms. The minimum absolute atomic E-state index is 1.44. The van der Waals surface area contributed by atoms with Gasteiger partial charge in [0.1, 0.15) is 0 Å². The molecule has 2 nitrogen and oxygen atoms in total. The van der Waals surface area contributed by atoms with E-state index in [0.717, 1.165) is 0 Å². The van der Waals surface area contributed by atoms with E-state index in [-0.39, 0.29) is 0 Å². The Kier molecular flexibility index (Phi) is 4.96. The Morgan fingerprint density at radius 1 is 0.875 bits per heavy atom. The predicted octanol–water partition coefficient (Wildman–Crippen LogP) is 1.42. The lowest BCUT2D eigenvalue weighted by atomic mass is 10.8. The molecular formula is C6H8N2. The van der Waals surface area contributed by atoms with E-state index in [1.807, 2.05) is 0 Å². The molecule has 0 aromatic heterocycles. The van der Waals surface area contributed by atoms with E-state index < -0.39 is 0 Å². The lowest BCUT2D eigenvalue weighted by Crippen LogP contribution is -1.68. The van der Waals surface area contributed by atoms with Gasteiger partial charge in [-0.2, -0.15) is 0 Å². The summed E-state index contributed by atoms with van der Waals surface area (Å²) in [5, 5.41) is 0. The van der Waals surface area contributed by atoms with Crippen molar-refractivity contribution < 1.29 is 0 Å². The second-order valence-corrected chi connectivity index (χ2v) is 0.961. The second-order valence-electron chi connectivity index (χ2n) is 0.961. The van der Waals surface area contributed by atoms with Crippen molar-refractivity contribution in [3.63, 3.8) is 0 Å². The molecule has 0 unspecified atom stereocenters. The summed E-state index contributed by atoms with van der Waals surface area (Å²) in [6.07, 6.45) is 5.95. The molecule has 2 heteroatoms. The van der Waals surface area contributed by atoms with Gasteiger partial charge in [-0.15, -0.1) is 0 Å². The van der Waals surface area contributed by atoms with Gasteiger partial charge < -0.3 is 0 Å². The zero-order valence-corrected chi connectivity index (χ0v) is 4.62. The first-order valence-corrected chi connectivity index (χ1v) is 2.18. The average molecular weight is 108 g/mol.